The molecule has 1 aromatic rings. The molecule has 3 N–H and O–H groups in total. The van der Waals surface area contributed by atoms with Gasteiger partial charge in [0.1, 0.15) is 0 Å². The molecule has 1 heterocycles. The van der Waals surface area contributed by atoms with E-state index in [4.69, 9.17) is 9.84 Å². The fourth-order valence-corrected chi connectivity index (χ4v) is 1.77. The van der Waals surface area contributed by atoms with Gasteiger partial charge in [-0.2, -0.15) is 0 Å². The number of halogens is 1. The van der Waals surface area contributed by atoms with E-state index in [9.17, 15) is 9.18 Å². The normalized spacial score (nSPS) is 19.5. The highest BCUT2D eigenvalue weighted by atomic mass is 19.1. The zero-order chi connectivity index (χ0) is 13.0. The van der Waals surface area contributed by atoms with Gasteiger partial charge in [-0.3, -0.25) is 4.79 Å². The number of ether oxygens (including phenoxy) is 1. The van der Waals surface area contributed by atoms with Crippen molar-refractivity contribution in [3.05, 3.63) is 24.0 Å². The fraction of sp³-hybridized carbons (Fsp3) is 0.417. The number of carbonyl (C=O) groups excluding carboxylic acids is 1. The lowest BCUT2D eigenvalue weighted by molar-refractivity contribution is -0.117. The van der Waals surface area contributed by atoms with Crippen molar-refractivity contribution in [3.63, 3.8) is 0 Å². The number of carbonyl (C=O) groups is 1. The van der Waals surface area contributed by atoms with Crippen LogP contribution in [0.5, 0.6) is 5.75 Å². The van der Waals surface area contributed by atoms with Gasteiger partial charge in [-0.25, -0.2) is 4.39 Å². The molecule has 1 fully saturated rings. The molecule has 1 aliphatic rings. The van der Waals surface area contributed by atoms with Gasteiger partial charge in [-0.1, -0.05) is 0 Å². The Bertz CT molecular complexity index is 433. The molecule has 0 radical (unpaired) electrons. The van der Waals surface area contributed by atoms with Crippen LogP contribution in [-0.2, 0) is 9.53 Å². The van der Waals surface area contributed by atoms with E-state index >= 15 is 0 Å². The number of amides is 1. The highest BCUT2D eigenvalue weighted by molar-refractivity contribution is 5.91. The second-order valence-corrected chi connectivity index (χ2v) is 4.14. The van der Waals surface area contributed by atoms with Crippen molar-refractivity contribution >= 4 is 11.6 Å². The first-order valence-corrected chi connectivity index (χ1v) is 5.74. The molecular formula is C12H15FN2O3. The SMILES string of the molecule is O=C(CC1COCCN1)Nc1ccc(O)c(F)c1. The number of nitrogens with one attached hydrogen (secondary N) is 2. The van der Waals surface area contributed by atoms with Crippen LogP contribution in [0, 0.1) is 5.82 Å². The number of aromatic hydroxyl groups is 1. The molecule has 0 aromatic heterocycles. The summed E-state index contributed by atoms with van der Waals surface area (Å²) in [7, 11) is 0. The molecule has 1 aromatic carbocycles. The lowest BCUT2D eigenvalue weighted by Gasteiger charge is -2.23. The monoisotopic (exact) mass is 254 g/mol. The number of phenolic OH excluding ortho intramolecular Hbond substituents is 1. The molecular weight excluding hydrogens is 239 g/mol. The lowest BCUT2D eigenvalue weighted by atomic mass is 10.2. The highest BCUT2D eigenvalue weighted by Crippen LogP contribution is 2.19. The van der Waals surface area contributed by atoms with Crippen LogP contribution in [0.15, 0.2) is 18.2 Å². The average Bonchev–Trinajstić information content (AvgIpc) is 2.35. The predicted molar refractivity (Wildman–Crippen MR) is 63.9 cm³/mol. The summed E-state index contributed by atoms with van der Waals surface area (Å²) in [5.74, 6) is -1.41. The molecule has 98 valence electrons. The summed E-state index contributed by atoms with van der Waals surface area (Å²) in [6.45, 7) is 1.88. The molecule has 0 bridgehead atoms. The third-order valence-corrected chi connectivity index (χ3v) is 2.66. The van der Waals surface area contributed by atoms with Gasteiger partial charge in [0.05, 0.1) is 13.2 Å². The number of morpholine rings is 1. The van der Waals surface area contributed by atoms with E-state index in [-0.39, 0.29) is 18.4 Å². The molecule has 5 nitrogen and oxygen atoms in total. The smallest absolute Gasteiger partial charge is 0.226 e. The number of phenols is 1. The summed E-state index contributed by atoms with van der Waals surface area (Å²) in [6.07, 6.45) is 0.266. The van der Waals surface area contributed by atoms with Crippen molar-refractivity contribution in [1.82, 2.24) is 5.32 Å². The summed E-state index contributed by atoms with van der Waals surface area (Å²) in [6, 6.07) is 3.72. The van der Waals surface area contributed by atoms with E-state index in [1.54, 1.807) is 0 Å². The molecule has 2 rings (SSSR count). The van der Waals surface area contributed by atoms with Crippen molar-refractivity contribution in [2.45, 2.75) is 12.5 Å². The minimum Gasteiger partial charge on any atom is -0.505 e. The summed E-state index contributed by atoms with van der Waals surface area (Å²) in [5, 5.41) is 14.8. The van der Waals surface area contributed by atoms with Crippen LogP contribution in [0.3, 0.4) is 0 Å². The van der Waals surface area contributed by atoms with Crippen molar-refractivity contribution in [1.29, 1.82) is 0 Å². The van der Waals surface area contributed by atoms with E-state index in [0.29, 0.717) is 18.9 Å². The van der Waals surface area contributed by atoms with Crippen molar-refractivity contribution in [2.75, 3.05) is 25.1 Å². The Balaban J connectivity index is 1.88. The van der Waals surface area contributed by atoms with E-state index < -0.39 is 11.6 Å². The molecule has 0 saturated carbocycles. The van der Waals surface area contributed by atoms with E-state index in [2.05, 4.69) is 10.6 Å². The Labute approximate surface area is 104 Å². The topological polar surface area (TPSA) is 70.6 Å². The summed E-state index contributed by atoms with van der Waals surface area (Å²) >= 11 is 0. The first-order chi connectivity index (χ1) is 8.65. The Morgan fingerprint density at radius 2 is 2.44 bits per heavy atom. The van der Waals surface area contributed by atoms with Gasteiger partial charge < -0.3 is 20.5 Å². The Morgan fingerprint density at radius 1 is 1.61 bits per heavy atom. The number of hydrogen-bond acceptors (Lipinski definition) is 4. The first kappa shape index (κ1) is 12.8. The van der Waals surface area contributed by atoms with Crippen LogP contribution < -0.4 is 10.6 Å². The summed E-state index contributed by atoms with van der Waals surface area (Å²) in [4.78, 5) is 11.7. The molecule has 1 aliphatic heterocycles. The van der Waals surface area contributed by atoms with Crippen LogP contribution in [-0.4, -0.2) is 36.8 Å². The Hall–Kier alpha value is -1.66. The molecule has 1 atom stereocenters. The molecule has 0 aliphatic carbocycles. The van der Waals surface area contributed by atoms with Crippen LogP contribution in [0.4, 0.5) is 10.1 Å². The van der Waals surface area contributed by atoms with Gasteiger partial charge in [-0.15, -0.1) is 0 Å². The van der Waals surface area contributed by atoms with Crippen LogP contribution in [0.1, 0.15) is 6.42 Å². The van der Waals surface area contributed by atoms with Gasteiger partial charge in [0.15, 0.2) is 11.6 Å². The quantitative estimate of drug-likeness (QED) is 0.699. The van der Waals surface area contributed by atoms with Crippen molar-refractivity contribution in [3.8, 4) is 5.75 Å². The lowest BCUT2D eigenvalue weighted by Crippen LogP contribution is -2.43. The second-order valence-electron chi connectivity index (χ2n) is 4.14. The van der Waals surface area contributed by atoms with E-state index in [0.717, 1.165) is 12.6 Å². The number of benzene rings is 1. The van der Waals surface area contributed by atoms with E-state index in [1.165, 1.54) is 12.1 Å². The molecule has 1 saturated heterocycles. The first-order valence-electron chi connectivity index (χ1n) is 5.74. The maximum Gasteiger partial charge on any atom is 0.226 e. The third-order valence-electron chi connectivity index (χ3n) is 2.66. The number of hydrogen-bond donors (Lipinski definition) is 3. The zero-order valence-electron chi connectivity index (χ0n) is 9.78. The molecule has 0 spiro atoms. The fourth-order valence-electron chi connectivity index (χ4n) is 1.77. The molecule has 1 unspecified atom stereocenters. The molecule has 6 heteroatoms. The van der Waals surface area contributed by atoms with Crippen LogP contribution in [0.25, 0.3) is 0 Å². The minimum atomic E-state index is -0.757. The van der Waals surface area contributed by atoms with E-state index in [1.807, 2.05) is 0 Å². The minimum absolute atomic E-state index is 0.0132. The average molecular weight is 254 g/mol. The van der Waals surface area contributed by atoms with Crippen molar-refractivity contribution < 1.29 is 19.0 Å². The molecule has 18 heavy (non-hydrogen) atoms. The Kier molecular flexibility index (Phi) is 4.11. The predicted octanol–water partition coefficient (Wildman–Crippen LogP) is 0.848. The third kappa shape index (κ3) is 3.41. The number of anilines is 1. The summed E-state index contributed by atoms with van der Waals surface area (Å²) in [5.41, 5.74) is 0.326. The highest BCUT2D eigenvalue weighted by Gasteiger charge is 2.17. The van der Waals surface area contributed by atoms with Crippen LogP contribution in [0.2, 0.25) is 0 Å². The van der Waals surface area contributed by atoms with Gasteiger partial charge in [-0.05, 0) is 12.1 Å². The maximum atomic E-state index is 13.1. The van der Waals surface area contributed by atoms with Gasteiger partial charge >= 0.3 is 0 Å². The zero-order valence-corrected chi connectivity index (χ0v) is 9.78. The standard InChI is InChI=1S/C12H15FN2O3/c13-10-5-8(1-2-11(10)16)15-12(17)6-9-7-18-4-3-14-9/h1-2,5,9,14,16H,3-4,6-7H2,(H,15,17). The van der Waals surface area contributed by atoms with Crippen LogP contribution >= 0.6 is 0 Å². The second kappa shape index (κ2) is 5.79. The maximum absolute atomic E-state index is 13.1. The Morgan fingerprint density at radius 3 is 3.11 bits per heavy atom. The van der Waals surface area contributed by atoms with Gasteiger partial charge in [0.2, 0.25) is 5.91 Å². The van der Waals surface area contributed by atoms with Crippen molar-refractivity contribution in [2.24, 2.45) is 0 Å². The van der Waals surface area contributed by atoms with Gasteiger partial charge in [0, 0.05) is 30.8 Å². The number of rotatable bonds is 3. The molecule has 1 amide bonds. The largest absolute Gasteiger partial charge is 0.505 e. The van der Waals surface area contributed by atoms with Gasteiger partial charge in [0.25, 0.3) is 0 Å². The summed E-state index contributed by atoms with van der Waals surface area (Å²) < 4.78 is 18.3.